The first kappa shape index (κ1) is 12.0. The average molecular weight is 230 g/mol. The highest BCUT2D eigenvalue weighted by molar-refractivity contribution is 5.83. The van der Waals surface area contributed by atoms with E-state index in [0.717, 1.165) is 0 Å². The monoisotopic (exact) mass is 230 g/mol. The van der Waals surface area contributed by atoms with Crippen LogP contribution in [0.1, 0.15) is 51.4 Å². The molecule has 0 bridgehead atoms. The summed E-state index contributed by atoms with van der Waals surface area (Å²) in [6.45, 7) is 0. The van der Waals surface area contributed by atoms with Crippen molar-refractivity contribution in [2.75, 3.05) is 0 Å². The number of hydrogen-bond acceptors (Lipinski definition) is 1. The van der Waals surface area contributed by atoms with Crippen molar-refractivity contribution in [2.45, 2.75) is 63.7 Å². The molecule has 2 aliphatic carbocycles. The highest BCUT2D eigenvalue weighted by Crippen LogP contribution is 2.34. The van der Waals surface area contributed by atoms with Crippen molar-refractivity contribution in [3.8, 4) is 0 Å². The molecule has 0 unspecified atom stereocenters. The van der Waals surface area contributed by atoms with Crippen LogP contribution in [-0.4, -0.2) is 18.1 Å². The Kier molecular flexibility index (Phi) is 3.93. The van der Waals surface area contributed by atoms with Gasteiger partial charge in [-0.1, -0.05) is 0 Å². The first-order valence-corrected chi connectivity index (χ1v) is 6.48. The number of alkyl halides is 2. The van der Waals surface area contributed by atoms with Crippen molar-refractivity contribution in [2.24, 2.45) is 11.8 Å². The first-order chi connectivity index (χ1) is 7.66. The van der Waals surface area contributed by atoms with E-state index in [1.54, 1.807) is 0 Å². The van der Waals surface area contributed by atoms with Crippen molar-refractivity contribution in [1.82, 2.24) is 0 Å². The van der Waals surface area contributed by atoms with E-state index in [1.165, 1.54) is 0 Å². The van der Waals surface area contributed by atoms with Gasteiger partial charge >= 0.3 is 0 Å². The molecule has 2 saturated carbocycles. The minimum atomic E-state index is -0.703. The predicted molar refractivity (Wildman–Crippen MR) is 58.7 cm³/mol. The summed E-state index contributed by atoms with van der Waals surface area (Å²) in [6, 6.07) is 0. The number of carbonyl (C=O) groups is 1. The van der Waals surface area contributed by atoms with E-state index in [-0.39, 0.29) is 11.8 Å². The Balaban J connectivity index is 1.83. The number of Topliss-reactive ketones (excluding diaryl/α,β-unsaturated/α-hetero) is 1. The minimum absolute atomic E-state index is 0.0631. The zero-order valence-electron chi connectivity index (χ0n) is 9.63. The van der Waals surface area contributed by atoms with Crippen LogP contribution in [0.2, 0.25) is 0 Å². The summed E-state index contributed by atoms with van der Waals surface area (Å²) in [5.41, 5.74) is 0. The van der Waals surface area contributed by atoms with Gasteiger partial charge in [0, 0.05) is 11.8 Å². The molecule has 0 atom stereocenters. The molecule has 16 heavy (non-hydrogen) atoms. The van der Waals surface area contributed by atoms with Crippen LogP contribution in [0, 0.1) is 11.8 Å². The fraction of sp³-hybridized carbons (Fsp3) is 0.923. The van der Waals surface area contributed by atoms with Crippen molar-refractivity contribution < 1.29 is 13.6 Å². The molecule has 0 aliphatic heterocycles. The fourth-order valence-electron chi connectivity index (χ4n) is 3.01. The van der Waals surface area contributed by atoms with Crippen LogP contribution >= 0.6 is 0 Å². The van der Waals surface area contributed by atoms with E-state index in [1.807, 2.05) is 0 Å². The van der Waals surface area contributed by atoms with Gasteiger partial charge < -0.3 is 0 Å². The SMILES string of the molecule is O=C(C1CCC(F)CC1)C1CCC(F)CC1. The van der Waals surface area contributed by atoms with Gasteiger partial charge in [-0.25, -0.2) is 8.78 Å². The Morgan fingerprint density at radius 1 is 0.688 bits per heavy atom. The van der Waals surface area contributed by atoms with Gasteiger partial charge in [0.1, 0.15) is 18.1 Å². The van der Waals surface area contributed by atoms with Crippen LogP contribution in [-0.2, 0) is 4.79 Å². The lowest BCUT2D eigenvalue weighted by atomic mass is 9.76. The van der Waals surface area contributed by atoms with Gasteiger partial charge in [-0.2, -0.15) is 0 Å². The van der Waals surface area contributed by atoms with Gasteiger partial charge in [0.25, 0.3) is 0 Å². The topological polar surface area (TPSA) is 17.1 Å². The van der Waals surface area contributed by atoms with Crippen LogP contribution in [0.5, 0.6) is 0 Å². The molecule has 2 aliphatic rings. The van der Waals surface area contributed by atoms with Crippen LogP contribution in [0.25, 0.3) is 0 Å². The Morgan fingerprint density at radius 3 is 1.31 bits per heavy atom. The molecule has 1 nitrogen and oxygen atoms in total. The van der Waals surface area contributed by atoms with Crippen LogP contribution in [0.3, 0.4) is 0 Å². The lowest BCUT2D eigenvalue weighted by Crippen LogP contribution is -2.30. The molecular weight excluding hydrogens is 210 g/mol. The molecule has 0 aromatic carbocycles. The average Bonchev–Trinajstić information content (AvgIpc) is 2.30. The number of rotatable bonds is 2. The Bertz CT molecular complexity index is 214. The number of ketones is 1. The van der Waals surface area contributed by atoms with E-state index >= 15 is 0 Å². The maximum Gasteiger partial charge on any atom is 0.139 e. The second-order valence-electron chi connectivity index (χ2n) is 5.30. The standard InChI is InChI=1S/C13H20F2O/c14-11-5-1-9(2-6-11)13(16)10-3-7-12(15)8-4-10/h9-12H,1-8H2. The third kappa shape index (κ3) is 2.80. The lowest BCUT2D eigenvalue weighted by molar-refractivity contribution is -0.129. The van der Waals surface area contributed by atoms with Crippen LogP contribution < -0.4 is 0 Å². The summed E-state index contributed by atoms with van der Waals surface area (Å²) >= 11 is 0. The van der Waals surface area contributed by atoms with Gasteiger partial charge in [0.15, 0.2) is 0 Å². The number of halogens is 2. The third-order valence-electron chi connectivity index (χ3n) is 4.12. The molecule has 0 aromatic heterocycles. The number of carbonyl (C=O) groups excluding carboxylic acids is 1. The van der Waals surface area contributed by atoms with E-state index < -0.39 is 12.3 Å². The second kappa shape index (κ2) is 5.24. The summed E-state index contributed by atoms with van der Waals surface area (Å²) in [5.74, 6) is 0.417. The zero-order chi connectivity index (χ0) is 11.5. The quantitative estimate of drug-likeness (QED) is 0.708. The van der Waals surface area contributed by atoms with Crippen molar-refractivity contribution in [1.29, 1.82) is 0 Å². The molecular formula is C13H20F2O. The van der Waals surface area contributed by atoms with Crippen molar-refractivity contribution in [3.63, 3.8) is 0 Å². The molecule has 92 valence electrons. The molecule has 2 fully saturated rings. The number of hydrogen-bond donors (Lipinski definition) is 0. The highest BCUT2D eigenvalue weighted by atomic mass is 19.1. The highest BCUT2D eigenvalue weighted by Gasteiger charge is 2.33. The summed E-state index contributed by atoms with van der Waals surface area (Å²) in [7, 11) is 0. The molecule has 0 saturated heterocycles. The first-order valence-electron chi connectivity index (χ1n) is 6.48. The Labute approximate surface area is 95.6 Å². The van der Waals surface area contributed by atoms with Gasteiger partial charge in [-0.15, -0.1) is 0 Å². The van der Waals surface area contributed by atoms with Crippen molar-refractivity contribution in [3.05, 3.63) is 0 Å². The van der Waals surface area contributed by atoms with Gasteiger partial charge in [-0.3, -0.25) is 4.79 Å². The molecule has 0 amide bonds. The largest absolute Gasteiger partial charge is 0.299 e. The molecule has 0 N–H and O–H groups in total. The summed E-state index contributed by atoms with van der Waals surface area (Å²) in [4.78, 5) is 12.1. The molecule has 2 rings (SSSR count). The van der Waals surface area contributed by atoms with Crippen LogP contribution in [0.15, 0.2) is 0 Å². The third-order valence-corrected chi connectivity index (χ3v) is 4.12. The fourth-order valence-corrected chi connectivity index (χ4v) is 3.01. The van der Waals surface area contributed by atoms with Gasteiger partial charge in [-0.05, 0) is 51.4 Å². The van der Waals surface area contributed by atoms with E-state index in [2.05, 4.69) is 0 Å². The maximum absolute atomic E-state index is 13.0. The van der Waals surface area contributed by atoms with Crippen molar-refractivity contribution >= 4 is 5.78 Å². The van der Waals surface area contributed by atoms with Crippen LogP contribution in [0.4, 0.5) is 8.78 Å². The zero-order valence-corrected chi connectivity index (χ0v) is 9.63. The molecule has 0 radical (unpaired) electrons. The maximum atomic E-state index is 13.0. The summed E-state index contributed by atoms with van der Waals surface area (Å²) in [6.07, 6.45) is 3.56. The summed E-state index contributed by atoms with van der Waals surface area (Å²) < 4.78 is 25.9. The van der Waals surface area contributed by atoms with Gasteiger partial charge in [0.2, 0.25) is 0 Å². The Morgan fingerprint density at radius 2 is 1.00 bits per heavy atom. The normalized spacial score (nSPS) is 40.6. The van der Waals surface area contributed by atoms with E-state index in [9.17, 15) is 13.6 Å². The van der Waals surface area contributed by atoms with E-state index in [4.69, 9.17) is 0 Å². The van der Waals surface area contributed by atoms with E-state index in [0.29, 0.717) is 57.1 Å². The molecule has 0 aromatic rings. The predicted octanol–water partition coefficient (Wildman–Crippen LogP) is 3.61. The Hall–Kier alpha value is -0.470. The summed E-state index contributed by atoms with van der Waals surface area (Å²) in [5, 5.41) is 0. The minimum Gasteiger partial charge on any atom is -0.299 e. The molecule has 0 spiro atoms. The molecule has 3 heteroatoms. The molecule has 0 heterocycles. The second-order valence-corrected chi connectivity index (χ2v) is 5.30. The van der Waals surface area contributed by atoms with Gasteiger partial charge in [0.05, 0.1) is 0 Å². The smallest absolute Gasteiger partial charge is 0.139 e. The lowest BCUT2D eigenvalue weighted by Gasteiger charge is -2.29.